The Balaban J connectivity index is 0.000000163. The van der Waals surface area contributed by atoms with Gasteiger partial charge in [-0.1, -0.05) is 156 Å². The summed E-state index contributed by atoms with van der Waals surface area (Å²) in [6.07, 6.45) is 19.2. The molecule has 2 saturated carbocycles. The third kappa shape index (κ3) is 14.5. The van der Waals surface area contributed by atoms with Crippen LogP contribution in [0.1, 0.15) is 69.8 Å². The van der Waals surface area contributed by atoms with Crippen LogP contribution in [0.3, 0.4) is 0 Å². The highest BCUT2D eigenvalue weighted by Crippen LogP contribution is 2.56. The number of methoxy groups -OCH3 is 1. The molecule has 3 aromatic heterocycles. The number of aromatic nitrogens is 3. The summed E-state index contributed by atoms with van der Waals surface area (Å²) >= 11 is 6.48. The summed E-state index contributed by atoms with van der Waals surface area (Å²) in [6.45, 7) is 0.0473. The largest absolute Gasteiger partial charge is 0.508 e. The maximum absolute atomic E-state index is 10.1. The molecule has 0 radical (unpaired) electrons. The number of pyridine rings is 3. The summed E-state index contributed by atoms with van der Waals surface area (Å²) in [5.41, 5.74) is 9.87. The zero-order valence-corrected chi connectivity index (χ0v) is 40.5. The second-order valence-corrected chi connectivity index (χ2v) is 20.2. The first-order valence-corrected chi connectivity index (χ1v) is 25.2. The van der Waals surface area contributed by atoms with Gasteiger partial charge in [0.1, 0.15) is 10.4 Å². The molecule has 0 bridgehead atoms. The van der Waals surface area contributed by atoms with E-state index in [4.69, 9.17) is 14.8 Å². The van der Waals surface area contributed by atoms with E-state index in [1.165, 1.54) is 81.5 Å². The van der Waals surface area contributed by atoms with Gasteiger partial charge in [-0.15, -0.1) is 0 Å². The van der Waals surface area contributed by atoms with Gasteiger partial charge in [0.2, 0.25) is 0 Å². The van der Waals surface area contributed by atoms with Gasteiger partial charge in [0.15, 0.2) is 0 Å². The fraction of sp³-hybridized carbons (Fsp3) is 0.264. The Morgan fingerprint density at radius 1 is 0.594 bits per heavy atom. The van der Waals surface area contributed by atoms with Crippen LogP contribution in [0, 0.1) is 0 Å². The van der Waals surface area contributed by atoms with Crippen LogP contribution < -0.4 is 15.6 Å². The van der Waals surface area contributed by atoms with Crippen molar-refractivity contribution in [2.45, 2.75) is 82.1 Å². The minimum atomic E-state index is -1.45. The molecule has 9 rings (SSSR count). The first-order chi connectivity index (χ1) is 31.4. The van der Waals surface area contributed by atoms with Gasteiger partial charge in [-0.05, 0) is 127 Å². The van der Waals surface area contributed by atoms with Crippen molar-refractivity contribution in [1.82, 2.24) is 15.0 Å². The summed E-state index contributed by atoms with van der Waals surface area (Å²) in [5.74, 6) is 0.881. The topological polar surface area (TPSA) is 109 Å². The van der Waals surface area contributed by atoms with Gasteiger partial charge >= 0.3 is 7.12 Å². The van der Waals surface area contributed by atoms with Gasteiger partial charge < -0.3 is 19.9 Å². The molecule has 0 atom stereocenters. The van der Waals surface area contributed by atoms with Crippen molar-refractivity contribution in [3.63, 3.8) is 0 Å². The summed E-state index contributed by atoms with van der Waals surface area (Å²) in [4.78, 5) is 12.2. The lowest BCUT2D eigenvalue weighted by Crippen LogP contribution is -2.31. The van der Waals surface area contributed by atoms with Crippen molar-refractivity contribution < 1.29 is 19.9 Å². The predicted molar refractivity (Wildman–Crippen MR) is 273 cm³/mol. The molecule has 7 nitrogen and oxygen atoms in total. The zero-order valence-electron chi connectivity index (χ0n) is 36.4. The molecule has 2 aliphatic rings. The van der Waals surface area contributed by atoms with Gasteiger partial charge in [0, 0.05) is 39.8 Å². The highest BCUT2D eigenvalue weighted by atomic mass is 79.9. The highest BCUT2D eigenvalue weighted by molar-refractivity contribution is 9.11. The molecule has 7 aromatic rings. The minimum absolute atomic E-state index is 0.0473. The maximum Gasteiger partial charge on any atom is 0.508 e. The standard InChI is InChI=1S/C26H35O2P.C17H13N.C5H6BNO2.C5H3Br2N/c1-28-24-17-10-11-20(19-27)26(24)23-16-8-9-18-25(23)29(21-12-4-2-5-13-21)22-14-6-3-7-15-22;1-3-7-14(8-4-1)16-11-12-17(18-13-16)15-9-5-2-6-10-15;8-6(9)5-3-1-2-4-7-5;6-4-1-2-5(7)8-3-4/h8-11,16-18,21-22,27H,2-7,12-15,19H2,1H3;1-13H;1-4,8-9H;1-3H. The van der Waals surface area contributed by atoms with Gasteiger partial charge in [0.25, 0.3) is 0 Å². The molecule has 3 N–H and O–H groups in total. The number of hydrogen-bond acceptors (Lipinski definition) is 7. The second-order valence-electron chi connectivity index (χ2n) is 15.8. The van der Waals surface area contributed by atoms with Crippen molar-refractivity contribution in [3.05, 3.63) is 179 Å². The number of hydrogen-bond donors (Lipinski definition) is 3. The predicted octanol–water partition coefficient (Wildman–Crippen LogP) is 12.4. The van der Waals surface area contributed by atoms with Crippen LogP contribution in [-0.2, 0) is 6.61 Å². The fourth-order valence-electron chi connectivity index (χ4n) is 8.37. The van der Waals surface area contributed by atoms with Crippen molar-refractivity contribution >= 4 is 57.8 Å². The van der Waals surface area contributed by atoms with E-state index in [0.717, 1.165) is 54.1 Å². The van der Waals surface area contributed by atoms with Crippen LogP contribution in [0.5, 0.6) is 5.75 Å². The molecule has 330 valence electrons. The zero-order chi connectivity index (χ0) is 44.9. The van der Waals surface area contributed by atoms with Crippen LogP contribution >= 0.6 is 39.8 Å². The second kappa shape index (κ2) is 26.4. The number of aliphatic hydroxyl groups excluding tert-OH is 1. The third-order valence-electron chi connectivity index (χ3n) is 11.5. The fourth-order valence-corrected chi connectivity index (χ4v) is 12.8. The molecule has 4 aromatic carbocycles. The van der Waals surface area contributed by atoms with Crippen molar-refractivity contribution in [2.24, 2.45) is 0 Å². The number of aliphatic hydroxyl groups is 1. The number of benzene rings is 4. The molecular weight excluding hydrogens is 944 g/mol. The van der Waals surface area contributed by atoms with E-state index in [9.17, 15) is 5.11 Å². The molecule has 2 aliphatic carbocycles. The van der Waals surface area contributed by atoms with E-state index >= 15 is 0 Å². The normalized spacial score (nSPS) is 13.9. The van der Waals surface area contributed by atoms with E-state index in [1.807, 2.05) is 72.9 Å². The van der Waals surface area contributed by atoms with Gasteiger partial charge in [-0.3, -0.25) is 9.97 Å². The summed E-state index contributed by atoms with van der Waals surface area (Å²) in [6, 6.07) is 48.6. The van der Waals surface area contributed by atoms with E-state index in [0.29, 0.717) is 0 Å². The Morgan fingerprint density at radius 3 is 1.73 bits per heavy atom. The highest BCUT2D eigenvalue weighted by Gasteiger charge is 2.34. The quantitative estimate of drug-likeness (QED) is 0.0751. The van der Waals surface area contributed by atoms with Gasteiger partial charge in [0.05, 0.1) is 25.0 Å². The van der Waals surface area contributed by atoms with Crippen molar-refractivity contribution in [2.75, 3.05) is 7.11 Å². The number of nitrogens with zero attached hydrogens (tertiary/aromatic N) is 3. The average molecular weight is 1000 g/mol. The SMILES string of the molecule is Brc1ccc(Br)nc1.COc1cccc(CO)c1-c1ccccc1P(C1CCCCC1)C1CCCCC1.OB(O)c1ccccn1.c1ccc(-c2ccc(-c3ccccc3)nc2)cc1. The lowest BCUT2D eigenvalue weighted by molar-refractivity contribution is 0.281. The Kier molecular flexibility index (Phi) is 20.2. The summed E-state index contributed by atoms with van der Waals surface area (Å²) < 4.78 is 7.63. The third-order valence-corrected chi connectivity index (χ3v) is 16.0. The first kappa shape index (κ1) is 48.9. The van der Waals surface area contributed by atoms with Crippen LogP contribution in [0.2, 0.25) is 0 Å². The van der Waals surface area contributed by atoms with Crippen LogP contribution in [-0.4, -0.2) is 55.7 Å². The molecule has 64 heavy (non-hydrogen) atoms. The number of halogens is 2. The Labute approximate surface area is 397 Å². The minimum Gasteiger partial charge on any atom is -0.496 e. The molecule has 0 saturated heterocycles. The molecule has 0 unspecified atom stereocenters. The number of rotatable bonds is 9. The molecule has 0 spiro atoms. The average Bonchev–Trinajstić information content (AvgIpc) is 3.37. The molecule has 2 fully saturated rings. The molecule has 3 heterocycles. The first-order valence-electron chi connectivity index (χ1n) is 22.1. The van der Waals surface area contributed by atoms with E-state index in [1.54, 1.807) is 36.8 Å². The smallest absolute Gasteiger partial charge is 0.496 e. The van der Waals surface area contributed by atoms with Crippen LogP contribution in [0.15, 0.2) is 173 Å². The Morgan fingerprint density at radius 2 is 1.22 bits per heavy atom. The monoisotopic (exact) mass is 999 g/mol. The molecule has 0 aliphatic heterocycles. The van der Waals surface area contributed by atoms with Crippen molar-refractivity contribution in [3.8, 4) is 39.3 Å². The van der Waals surface area contributed by atoms with Crippen LogP contribution in [0.4, 0.5) is 0 Å². The lowest BCUT2D eigenvalue weighted by atomic mass is 9.86. The summed E-state index contributed by atoms with van der Waals surface area (Å²) in [7, 11) is 0.0827. The van der Waals surface area contributed by atoms with Crippen LogP contribution in [0.25, 0.3) is 33.5 Å². The Hall–Kier alpha value is -4.54. The van der Waals surface area contributed by atoms with Gasteiger partial charge in [-0.2, -0.15) is 0 Å². The van der Waals surface area contributed by atoms with Crippen molar-refractivity contribution in [1.29, 1.82) is 0 Å². The van der Waals surface area contributed by atoms with E-state index < -0.39 is 7.12 Å². The molecule has 0 amide bonds. The molecular formula is C53H57BBr2N3O4P. The lowest BCUT2D eigenvalue weighted by Gasteiger charge is -2.39. The van der Waals surface area contributed by atoms with E-state index in [2.05, 4.69) is 107 Å². The number of ether oxygens (including phenoxy) is 1. The van der Waals surface area contributed by atoms with E-state index in [-0.39, 0.29) is 20.1 Å². The summed E-state index contributed by atoms with van der Waals surface area (Å²) in [5, 5.41) is 28.7. The Bertz CT molecular complexity index is 2270. The maximum atomic E-state index is 10.1. The van der Waals surface area contributed by atoms with Gasteiger partial charge in [-0.25, -0.2) is 4.98 Å². The molecule has 11 heteroatoms.